The van der Waals surface area contributed by atoms with E-state index in [1.54, 1.807) is 0 Å². The molecule has 0 aromatic heterocycles. The second-order valence-electron chi connectivity index (χ2n) is 5.31. The lowest BCUT2D eigenvalue weighted by Gasteiger charge is -2.31. The van der Waals surface area contributed by atoms with Gasteiger partial charge in [-0.2, -0.15) is 8.78 Å². The highest BCUT2D eigenvalue weighted by Crippen LogP contribution is 2.27. The molecule has 2 atom stereocenters. The number of nitrogens with one attached hydrogen (secondary N) is 1. The van der Waals surface area contributed by atoms with Crippen molar-refractivity contribution in [2.24, 2.45) is 5.92 Å². The van der Waals surface area contributed by atoms with E-state index in [1.165, 1.54) is 24.3 Å². The predicted molar refractivity (Wildman–Crippen MR) is 76.1 cm³/mol. The minimum Gasteiger partial charge on any atom is -0.396 e. The molecule has 1 aromatic carbocycles. The van der Waals surface area contributed by atoms with Crippen molar-refractivity contribution in [3.05, 3.63) is 24.3 Å². The molecule has 1 aliphatic rings. The SMILES string of the molecule is O=S(=O)(c1ccc(NC2CCCCC2CO)cc1)C(F)F. The van der Waals surface area contributed by atoms with Gasteiger partial charge < -0.3 is 10.4 Å². The summed E-state index contributed by atoms with van der Waals surface area (Å²) >= 11 is 0. The fourth-order valence-electron chi connectivity index (χ4n) is 2.67. The molecular weight excluding hydrogens is 300 g/mol. The Hall–Kier alpha value is -1.21. The first-order valence-electron chi connectivity index (χ1n) is 6.94. The minimum atomic E-state index is -4.54. The minimum absolute atomic E-state index is 0.107. The molecule has 1 aromatic rings. The van der Waals surface area contributed by atoms with Gasteiger partial charge in [-0.3, -0.25) is 0 Å². The van der Waals surface area contributed by atoms with E-state index < -0.39 is 15.6 Å². The molecule has 0 saturated heterocycles. The first-order valence-corrected chi connectivity index (χ1v) is 8.49. The highest BCUT2D eigenvalue weighted by atomic mass is 32.2. The number of halogens is 2. The zero-order valence-corrected chi connectivity index (χ0v) is 12.3. The van der Waals surface area contributed by atoms with Crippen molar-refractivity contribution < 1.29 is 22.3 Å². The number of hydrogen-bond acceptors (Lipinski definition) is 4. The topological polar surface area (TPSA) is 66.4 Å². The predicted octanol–water partition coefficient (Wildman–Crippen LogP) is 2.65. The van der Waals surface area contributed by atoms with Gasteiger partial charge in [-0.05, 0) is 37.1 Å². The van der Waals surface area contributed by atoms with E-state index in [9.17, 15) is 22.3 Å². The van der Waals surface area contributed by atoms with Gasteiger partial charge in [0.15, 0.2) is 0 Å². The summed E-state index contributed by atoms with van der Waals surface area (Å²) in [7, 11) is -4.54. The molecule has 0 bridgehead atoms. The largest absolute Gasteiger partial charge is 0.396 e. The van der Waals surface area contributed by atoms with Gasteiger partial charge in [-0.1, -0.05) is 12.8 Å². The molecule has 2 N–H and O–H groups in total. The van der Waals surface area contributed by atoms with Crippen LogP contribution in [0.3, 0.4) is 0 Å². The fourth-order valence-corrected chi connectivity index (χ4v) is 3.40. The monoisotopic (exact) mass is 319 g/mol. The molecule has 4 nitrogen and oxygen atoms in total. The number of anilines is 1. The zero-order chi connectivity index (χ0) is 15.5. The van der Waals surface area contributed by atoms with E-state index in [4.69, 9.17) is 0 Å². The van der Waals surface area contributed by atoms with Crippen molar-refractivity contribution in [3.63, 3.8) is 0 Å². The normalized spacial score (nSPS) is 23.2. The van der Waals surface area contributed by atoms with E-state index in [0.29, 0.717) is 5.69 Å². The van der Waals surface area contributed by atoms with Crippen LogP contribution < -0.4 is 5.32 Å². The summed E-state index contributed by atoms with van der Waals surface area (Å²) in [6, 6.07) is 5.46. The third-order valence-corrected chi connectivity index (χ3v) is 5.31. The first-order chi connectivity index (χ1) is 9.95. The number of aliphatic hydroxyl groups is 1. The van der Waals surface area contributed by atoms with Crippen molar-refractivity contribution in [1.29, 1.82) is 0 Å². The standard InChI is InChI=1S/C14H19F2NO3S/c15-14(16)21(19,20)12-7-5-11(6-8-12)17-13-4-2-1-3-10(13)9-18/h5-8,10,13-14,17-18H,1-4,9H2. The van der Waals surface area contributed by atoms with Crippen LogP contribution >= 0.6 is 0 Å². The molecule has 21 heavy (non-hydrogen) atoms. The van der Waals surface area contributed by atoms with Crippen LogP contribution in [0.1, 0.15) is 25.7 Å². The highest BCUT2D eigenvalue weighted by Gasteiger charge is 2.27. The van der Waals surface area contributed by atoms with Gasteiger partial charge >= 0.3 is 5.76 Å². The number of aliphatic hydroxyl groups excluding tert-OH is 1. The molecule has 0 radical (unpaired) electrons. The Kier molecular flexibility index (Phi) is 5.16. The highest BCUT2D eigenvalue weighted by molar-refractivity contribution is 7.91. The molecule has 0 amide bonds. The quantitative estimate of drug-likeness (QED) is 0.875. The summed E-state index contributed by atoms with van der Waals surface area (Å²) < 4.78 is 47.5. The molecular formula is C14H19F2NO3S. The molecule has 0 heterocycles. The van der Waals surface area contributed by atoms with Crippen LogP contribution in [0.15, 0.2) is 29.2 Å². The molecule has 1 saturated carbocycles. The Balaban J connectivity index is 2.09. The van der Waals surface area contributed by atoms with Crippen LogP contribution in [0.4, 0.5) is 14.5 Å². The summed E-state index contributed by atoms with van der Waals surface area (Å²) in [6.07, 6.45) is 4.05. The molecule has 2 rings (SSSR count). The third kappa shape index (κ3) is 3.71. The lowest BCUT2D eigenvalue weighted by atomic mass is 9.85. The molecule has 1 fully saturated rings. The molecule has 0 spiro atoms. The number of alkyl halides is 2. The van der Waals surface area contributed by atoms with Crippen molar-refractivity contribution in [2.45, 2.75) is 42.4 Å². The molecule has 2 unspecified atom stereocenters. The van der Waals surface area contributed by atoms with Crippen LogP contribution in [0, 0.1) is 5.92 Å². The van der Waals surface area contributed by atoms with E-state index in [2.05, 4.69) is 5.32 Å². The Morgan fingerprint density at radius 1 is 1.19 bits per heavy atom. The second-order valence-corrected chi connectivity index (χ2v) is 7.23. The van der Waals surface area contributed by atoms with Crippen LogP contribution in [-0.2, 0) is 9.84 Å². The maximum atomic E-state index is 12.4. The van der Waals surface area contributed by atoms with Gasteiger partial charge in [0.25, 0.3) is 0 Å². The van der Waals surface area contributed by atoms with E-state index in [-0.39, 0.29) is 23.5 Å². The van der Waals surface area contributed by atoms with Gasteiger partial charge in [0.1, 0.15) is 0 Å². The Morgan fingerprint density at radius 2 is 1.81 bits per heavy atom. The second kappa shape index (κ2) is 6.70. The van der Waals surface area contributed by atoms with E-state index >= 15 is 0 Å². The number of rotatable bonds is 5. The molecule has 7 heteroatoms. The van der Waals surface area contributed by atoms with Crippen LogP contribution in [0.5, 0.6) is 0 Å². The van der Waals surface area contributed by atoms with Gasteiger partial charge in [-0.15, -0.1) is 0 Å². The van der Waals surface area contributed by atoms with Crippen LogP contribution in [-0.4, -0.2) is 31.9 Å². The maximum absolute atomic E-state index is 12.4. The molecule has 0 aliphatic heterocycles. The zero-order valence-electron chi connectivity index (χ0n) is 11.5. The average Bonchev–Trinajstić information content (AvgIpc) is 2.48. The van der Waals surface area contributed by atoms with E-state index in [1.807, 2.05) is 0 Å². The summed E-state index contributed by atoms with van der Waals surface area (Å²) in [5, 5.41) is 12.6. The Bertz CT molecular complexity index is 560. The molecule has 118 valence electrons. The average molecular weight is 319 g/mol. The van der Waals surface area contributed by atoms with Gasteiger partial charge in [-0.25, -0.2) is 8.42 Å². The van der Waals surface area contributed by atoms with Crippen molar-refractivity contribution in [2.75, 3.05) is 11.9 Å². The number of hydrogen-bond donors (Lipinski definition) is 2. The maximum Gasteiger partial charge on any atom is 0.341 e. The molecule has 1 aliphatic carbocycles. The first kappa shape index (κ1) is 16.2. The van der Waals surface area contributed by atoms with Gasteiger partial charge in [0.05, 0.1) is 4.90 Å². The van der Waals surface area contributed by atoms with Crippen molar-refractivity contribution >= 4 is 15.5 Å². The van der Waals surface area contributed by atoms with Gasteiger partial charge in [0.2, 0.25) is 9.84 Å². The van der Waals surface area contributed by atoms with Gasteiger partial charge in [0, 0.05) is 24.3 Å². The summed E-state index contributed by atoms with van der Waals surface area (Å²) in [5.41, 5.74) is 0.675. The Morgan fingerprint density at radius 3 is 2.38 bits per heavy atom. The lowest BCUT2D eigenvalue weighted by molar-refractivity contribution is 0.178. The fraction of sp³-hybridized carbons (Fsp3) is 0.571. The number of sulfone groups is 1. The number of benzene rings is 1. The summed E-state index contributed by atoms with van der Waals surface area (Å²) in [4.78, 5) is -0.384. The Labute approximate surface area is 123 Å². The van der Waals surface area contributed by atoms with E-state index in [0.717, 1.165) is 25.7 Å². The smallest absolute Gasteiger partial charge is 0.341 e. The van der Waals surface area contributed by atoms with Crippen LogP contribution in [0.25, 0.3) is 0 Å². The third-order valence-electron chi connectivity index (χ3n) is 3.91. The summed E-state index contributed by atoms with van der Waals surface area (Å²) in [5.74, 6) is -3.24. The van der Waals surface area contributed by atoms with Crippen molar-refractivity contribution in [3.8, 4) is 0 Å². The van der Waals surface area contributed by atoms with Crippen LogP contribution in [0.2, 0.25) is 0 Å². The lowest BCUT2D eigenvalue weighted by Crippen LogP contribution is -2.34. The van der Waals surface area contributed by atoms with Crippen molar-refractivity contribution in [1.82, 2.24) is 0 Å². The summed E-state index contributed by atoms with van der Waals surface area (Å²) in [6.45, 7) is 0.107.